The number of sulfonamides is 1. The molecule has 0 amide bonds. The molecule has 0 spiro atoms. The zero-order valence-corrected chi connectivity index (χ0v) is 17.4. The largest absolute Gasteiger partial charge is 0.357 e. The van der Waals surface area contributed by atoms with Gasteiger partial charge in [-0.1, -0.05) is 41.4 Å². The van der Waals surface area contributed by atoms with Crippen LogP contribution in [0, 0.1) is 0 Å². The number of guanidine groups is 1. The molecule has 9 heteroatoms. The molecule has 6 nitrogen and oxygen atoms in total. The molecule has 0 aromatic heterocycles. The molecule has 0 bridgehead atoms. The molecule has 2 aromatic rings. The number of rotatable bonds is 6. The Hall–Kier alpha value is -1.80. The maximum absolute atomic E-state index is 11.5. The summed E-state index contributed by atoms with van der Waals surface area (Å²) in [5, 5.41) is 12.8. The SMILES string of the molecule is CCNC(=NCc1cccc(S(N)(=O)=O)c1)NC(C)c1ccc(Cl)cc1Cl. The first-order valence-electron chi connectivity index (χ1n) is 8.32. The van der Waals surface area contributed by atoms with Gasteiger partial charge in [-0.25, -0.2) is 18.5 Å². The summed E-state index contributed by atoms with van der Waals surface area (Å²) in [4.78, 5) is 4.57. The number of nitrogens with zero attached hydrogens (tertiary/aromatic N) is 1. The highest BCUT2D eigenvalue weighted by Gasteiger charge is 2.12. The van der Waals surface area contributed by atoms with Crippen molar-refractivity contribution in [3.8, 4) is 0 Å². The predicted molar refractivity (Wildman–Crippen MR) is 111 cm³/mol. The Kier molecular flexibility index (Phi) is 7.49. The van der Waals surface area contributed by atoms with Gasteiger partial charge in [-0.3, -0.25) is 0 Å². The van der Waals surface area contributed by atoms with Gasteiger partial charge < -0.3 is 10.6 Å². The van der Waals surface area contributed by atoms with Crippen LogP contribution in [0.1, 0.15) is 31.0 Å². The van der Waals surface area contributed by atoms with Crippen molar-refractivity contribution >= 4 is 39.2 Å². The molecule has 0 saturated carbocycles. The Morgan fingerprint density at radius 1 is 1.22 bits per heavy atom. The quantitative estimate of drug-likeness (QED) is 0.484. The number of halogens is 2. The van der Waals surface area contributed by atoms with E-state index in [0.717, 1.165) is 11.1 Å². The topological polar surface area (TPSA) is 96.6 Å². The minimum atomic E-state index is -3.74. The fourth-order valence-electron chi connectivity index (χ4n) is 2.45. The second-order valence-electron chi connectivity index (χ2n) is 5.92. The summed E-state index contributed by atoms with van der Waals surface area (Å²) in [7, 11) is -3.74. The van der Waals surface area contributed by atoms with E-state index < -0.39 is 10.0 Å². The number of benzene rings is 2. The van der Waals surface area contributed by atoms with Gasteiger partial charge in [0.05, 0.1) is 17.5 Å². The van der Waals surface area contributed by atoms with E-state index in [4.69, 9.17) is 28.3 Å². The van der Waals surface area contributed by atoms with E-state index >= 15 is 0 Å². The Labute approximate surface area is 169 Å². The summed E-state index contributed by atoms with van der Waals surface area (Å²) < 4.78 is 23.0. The molecule has 0 aliphatic carbocycles. The minimum absolute atomic E-state index is 0.0643. The van der Waals surface area contributed by atoms with Gasteiger partial charge >= 0.3 is 0 Å². The average Bonchev–Trinajstić information content (AvgIpc) is 2.59. The molecule has 4 N–H and O–H groups in total. The van der Waals surface area contributed by atoms with Gasteiger partial charge in [0, 0.05) is 16.6 Å². The molecule has 0 heterocycles. The lowest BCUT2D eigenvalue weighted by Gasteiger charge is -2.19. The summed E-state index contributed by atoms with van der Waals surface area (Å²) in [6.45, 7) is 4.88. The summed E-state index contributed by atoms with van der Waals surface area (Å²) in [5.41, 5.74) is 1.62. The minimum Gasteiger partial charge on any atom is -0.357 e. The molecule has 0 aliphatic heterocycles. The zero-order chi connectivity index (χ0) is 20.0. The van der Waals surface area contributed by atoms with Crippen molar-refractivity contribution in [3.05, 3.63) is 63.6 Å². The van der Waals surface area contributed by atoms with Crippen LogP contribution in [-0.4, -0.2) is 20.9 Å². The first-order chi connectivity index (χ1) is 12.7. The number of hydrogen-bond donors (Lipinski definition) is 3. The van der Waals surface area contributed by atoms with E-state index in [-0.39, 0.29) is 10.9 Å². The predicted octanol–water partition coefficient (Wildman–Crippen LogP) is 3.46. The fraction of sp³-hybridized carbons (Fsp3) is 0.278. The van der Waals surface area contributed by atoms with Crippen LogP contribution in [0.4, 0.5) is 0 Å². The summed E-state index contributed by atoms with van der Waals surface area (Å²) >= 11 is 12.2. The molecule has 146 valence electrons. The molecule has 27 heavy (non-hydrogen) atoms. The van der Waals surface area contributed by atoms with Crippen molar-refractivity contribution in [1.29, 1.82) is 0 Å². The molecule has 0 radical (unpaired) electrons. The number of primary sulfonamides is 1. The van der Waals surface area contributed by atoms with Crippen LogP contribution in [0.3, 0.4) is 0 Å². The molecule has 1 atom stereocenters. The standard InChI is InChI=1S/C18H22Cl2N4O2S/c1-3-22-18(24-12(2)16-8-7-14(19)10-17(16)20)23-11-13-5-4-6-15(9-13)27(21,25)26/h4-10,12H,3,11H2,1-2H3,(H2,21,25,26)(H2,22,23,24). The second kappa shape index (κ2) is 9.41. The third-order valence-corrected chi connectivity index (χ3v) is 5.25. The summed E-state index contributed by atoms with van der Waals surface area (Å²) in [6, 6.07) is 11.6. The summed E-state index contributed by atoms with van der Waals surface area (Å²) in [6.07, 6.45) is 0. The molecule has 0 aliphatic rings. The van der Waals surface area contributed by atoms with Crippen LogP contribution in [0.5, 0.6) is 0 Å². The van der Waals surface area contributed by atoms with Crippen molar-refractivity contribution in [3.63, 3.8) is 0 Å². The van der Waals surface area contributed by atoms with Gasteiger partial charge in [0.2, 0.25) is 10.0 Å². The maximum atomic E-state index is 11.5. The van der Waals surface area contributed by atoms with E-state index in [2.05, 4.69) is 15.6 Å². The first-order valence-corrected chi connectivity index (χ1v) is 10.6. The van der Waals surface area contributed by atoms with E-state index in [1.807, 2.05) is 19.9 Å². The van der Waals surface area contributed by atoms with Gasteiger partial charge in [0.15, 0.2) is 5.96 Å². The Bertz CT molecular complexity index is 933. The normalized spacial score (nSPS) is 13.3. The van der Waals surface area contributed by atoms with Crippen LogP contribution in [0.25, 0.3) is 0 Å². The van der Waals surface area contributed by atoms with Crippen LogP contribution in [0.2, 0.25) is 10.0 Å². The average molecular weight is 429 g/mol. The van der Waals surface area contributed by atoms with E-state index in [1.165, 1.54) is 12.1 Å². The van der Waals surface area contributed by atoms with Crippen molar-refractivity contribution in [1.82, 2.24) is 10.6 Å². The van der Waals surface area contributed by atoms with Crippen LogP contribution in [-0.2, 0) is 16.6 Å². The first kappa shape index (κ1) is 21.5. The third kappa shape index (κ3) is 6.39. The van der Waals surface area contributed by atoms with Gasteiger partial charge in [-0.2, -0.15) is 0 Å². The van der Waals surface area contributed by atoms with Crippen LogP contribution >= 0.6 is 23.2 Å². The van der Waals surface area contributed by atoms with Gasteiger partial charge in [-0.05, 0) is 49.2 Å². The van der Waals surface area contributed by atoms with E-state index in [1.54, 1.807) is 24.3 Å². The Morgan fingerprint density at radius 3 is 2.59 bits per heavy atom. The molecular formula is C18H22Cl2N4O2S. The lowest BCUT2D eigenvalue weighted by Crippen LogP contribution is -2.38. The van der Waals surface area contributed by atoms with Crippen molar-refractivity contribution in [2.45, 2.75) is 31.3 Å². The monoisotopic (exact) mass is 428 g/mol. The number of hydrogen-bond acceptors (Lipinski definition) is 3. The number of nitrogens with two attached hydrogens (primary N) is 1. The molecule has 0 fully saturated rings. The molecule has 2 rings (SSSR count). The lowest BCUT2D eigenvalue weighted by molar-refractivity contribution is 0.597. The second-order valence-corrected chi connectivity index (χ2v) is 8.32. The van der Waals surface area contributed by atoms with E-state index in [0.29, 0.717) is 29.1 Å². The number of nitrogens with one attached hydrogen (secondary N) is 2. The molecular weight excluding hydrogens is 407 g/mol. The summed E-state index contributed by atoms with van der Waals surface area (Å²) in [5.74, 6) is 0.581. The highest BCUT2D eigenvalue weighted by atomic mass is 35.5. The third-order valence-electron chi connectivity index (χ3n) is 3.77. The molecule has 1 unspecified atom stereocenters. The Balaban J connectivity index is 2.17. The van der Waals surface area contributed by atoms with Crippen LogP contribution < -0.4 is 15.8 Å². The smallest absolute Gasteiger partial charge is 0.238 e. The Morgan fingerprint density at radius 2 is 1.96 bits per heavy atom. The fourth-order valence-corrected chi connectivity index (χ4v) is 3.60. The number of aliphatic imine (C=N–C) groups is 1. The highest BCUT2D eigenvalue weighted by molar-refractivity contribution is 7.89. The van der Waals surface area contributed by atoms with E-state index in [9.17, 15) is 8.42 Å². The van der Waals surface area contributed by atoms with Crippen molar-refractivity contribution < 1.29 is 8.42 Å². The van der Waals surface area contributed by atoms with Gasteiger partial charge in [-0.15, -0.1) is 0 Å². The maximum Gasteiger partial charge on any atom is 0.238 e. The molecule has 0 saturated heterocycles. The van der Waals surface area contributed by atoms with Gasteiger partial charge in [0.1, 0.15) is 0 Å². The van der Waals surface area contributed by atoms with Crippen molar-refractivity contribution in [2.24, 2.45) is 10.1 Å². The molecule has 2 aromatic carbocycles. The zero-order valence-electron chi connectivity index (χ0n) is 15.0. The highest BCUT2D eigenvalue weighted by Crippen LogP contribution is 2.26. The lowest BCUT2D eigenvalue weighted by atomic mass is 10.1. The van der Waals surface area contributed by atoms with Crippen LogP contribution in [0.15, 0.2) is 52.4 Å². The van der Waals surface area contributed by atoms with Crippen molar-refractivity contribution in [2.75, 3.05) is 6.54 Å². The van der Waals surface area contributed by atoms with Gasteiger partial charge in [0.25, 0.3) is 0 Å².